The molecule has 0 spiro atoms. The first-order chi connectivity index (χ1) is 14.8. The summed E-state index contributed by atoms with van der Waals surface area (Å²) in [7, 11) is -9.07. The molecule has 1 aromatic heterocycles. The summed E-state index contributed by atoms with van der Waals surface area (Å²) in [6.45, 7) is 2.97. The highest BCUT2D eigenvalue weighted by Crippen LogP contribution is 2.39. The summed E-state index contributed by atoms with van der Waals surface area (Å²) in [5, 5.41) is 10.5. The first-order valence-corrected chi connectivity index (χ1v) is 11.9. The number of rotatable bonds is 4. The molecule has 166 valence electrons. The Labute approximate surface area is 182 Å². The monoisotopic (exact) mass is 476 g/mol. The zero-order chi connectivity index (χ0) is 23.6. The van der Waals surface area contributed by atoms with Gasteiger partial charge in [0, 0.05) is 11.1 Å². The van der Waals surface area contributed by atoms with Crippen LogP contribution in [0, 0.1) is 13.8 Å². The van der Waals surface area contributed by atoms with Gasteiger partial charge in [0.1, 0.15) is 0 Å². The van der Waals surface area contributed by atoms with Gasteiger partial charge in [0.25, 0.3) is 26.1 Å². The van der Waals surface area contributed by atoms with Gasteiger partial charge in [-0.3, -0.25) is 13.9 Å². The molecule has 2 heterocycles. The molecule has 1 amide bonds. The molecular formula is C20H16N2O8S2. The van der Waals surface area contributed by atoms with E-state index in [4.69, 9.17) is 0 Å². The van der Waals surface area contributed by atoms with E-state index in [2.05, 4.69) is 9.98 Å². The highest BCUT2D eigenvalue weighted by Gasteiger charge is 2.34. The summed E-state index contributed by atoms with van der Waals surface area (Å²) < 4.78 is 65.5. The summed E-state index contributed by atoms with van der Waals surface area (Å²) in [4.78, 5) is 18.5. The molecule has 4 N–H and O–H groups in total. The number of aromatic amines is 1. The van der Waals surface area contributed by atoms with E-state index in [0.29, 0.717) is 0 Å². The van der Waals surface area contributed by atoms with Crippen molar-refractivity contribution in [3.63, 3.8) is 0 Å². The average molecular weight is 476 g/mol. The Balaban J connectivity index is 1.90. The fourth-order valence-corrected chi connectivity index (χ4v) is 5.13. The molecule has 0 saturated heterocycles. The van der Waals surface area contributed by atoms with Crippen LogP contribution in [0.1, 0.15) is 32.6 Å². The molecule has 0 saturated carbocycles. The third kappa shape index (κ3) is 3.52. The van der Waals surface area contributed by atoms with Crippen LogP contribution in [-0.2, 0) is 20.2 Å². The maximum absolute atomic E-state index is 12.7. The molecule has 0 fully saturated rings. The molecule has 10 nitrogen and oxygen atoms in total. The summed E-state index contributed by atoms with van der Waals surface area (Å²) in [6, 6.07) is 8.14. The minimum atomic E-state index is -4.54. The lowest BCUT2D eigenvalue weighted by Gasteiger charge is -2.07. The number of H-pyrrole nitrogens is 1. The van der Waals surface area contributed by atoms with Gasteiger partial charge in [-0.2, -0.15) is 16.8 Å². The number of hydrogen-bond acceptors (Lipinski definition) is 6. The van der Waals surface area contributed by atoms with Crippen molar-refractivity contribution in [2.45, 2.75) is 23.6 Å². The molecule has 3 aromatic rings. The number of nitrogens with one attached hydrogen (secondary N) is 1. The zero-order valence-corrected chi connectivity index (χ0v) is 18.2. The largest absolute Gasteiger partial charge is 0.494 e. The zero-order valence-electron chi connectivity index (χ0n) is 16.6. The van der Waals surface area contributed by atoms with Crippen molar-refractivity contribution in [2.75, 3.05) is 0 Å². The number of amides is 1. The predicted octanol–water partition coefficient (Wildman–Crippen LogP) is 2.49. The number of fused-ring (bicyclic) bond motifs is 1. The Morgan fingerprint density at radius 3 is 1.84 bits per heavy atom. The average Bonchev–Trinajstić information content (AvgIpc) is 3.19. The molecule has 0 unspecified atom stereocenters. The second kappa shape index (κ2) is 7.10. The van der Waals surface area contributed by atoms with Crippen LogP contribution in [0.3, 0.4) is 0 Å². The molecule has 2 aromatic carbocycles. The molecule has 0 aliphatic carbocycles. The molecule has 32 heavy (non-hydrogen) atoms. The number of aromatic hydroxyl groups is 1. The minimum absolute atomic E-state index is 0.00382. The number of benzene rings is 2. The van der Waals surface area contributed by atoms with E-state index in [1.807, 2.05) is 0 Å². The van der Waals surface area contributed by atoms with Crippen LogP contribution in [0.5, 0.6) is 5.88 Å². The smallest absolute Gasteiger partial charge is 0.294 e. The fourth-order valence-electron chi connectivity index (χ4n) is 3.63. The normalized spacial score (nSPS) is 13.9. The highest BCUT2D eigenvalue weighted by molar-refractivity contribution is 7.86. The predicted molar refractivity (Wildman–Crippen MR) is 113 cm³/mol. The fraction of sp³-hybridized carbons (Fsp3) is 0.100. The van der Waals surface area contributed by atoms with Crippen LogP contribution in [0.2, 0.25) is 0 Å². The molecule has 1 aliphatic rings. The number of carbonyl (C=O) groups excluding carboxylic acids is 1. The van der Waals surface area contributed by atoms with E-state index in [-0.39, 0.29) is 54.6 Å². The van der Waals surface area contributed by atoms with E-state index >= 15 is 0 Å². The van der Waals surface area contributed by atoms with Gasteiger partial charge in [0.15, 0.2) is 5.88 Å². The molecule has 0 atom stereocenters. The van der Waals surface area contributed by atoms with E-state index in [1.165, 1.54) is 38.1 Å². The SMILES string of the molecule is Cc1ccc(C2=NC(=O)c3c(-c4ccc(C)c(S(=O)(=O)O)c4)[nH]c(O)c32)cc1S(=O)(=O)O. The summed E-state index contributed by atoms with van der Waals surface area (Å²) in [5.74, 6) is -1.19. The maximum atomic E-state index is 12.7. The Kier molecular flexibility index (Phi) is 4.86. The first kappa shape index (κ1) is 21.9. The molecule has 4 rings (SSSR count). The molecule has 12 heteroatoms. The van der Waals surface area contributed by atoms with Crippen molar-refractivity contribution in [3.8, 4) is 17.1 Å². The molecular weight excluding hydrogens is 460 g/mol. The van der Waals surface area contributed by atoms with Crippen molar-refractivity contribution in [1.82, 2.24) is 4.98 Å². The van der Waals surface area contributed by atoms with E-state index in [9.17, 15) is 35.8 Å². The number of aryl methyl sites for hydroxylation is 2. The minimum Gasteiger partial charge on any atom is -0.494 e. The van der Waals surface area contributed by atoms with Crippen molar-refractivity contribution in [1.29, 1.82) is 0 Å². The summed E-state index contributed by atoms with van der Waals surface area (Å²) >= 11 is 0. The third-order valence-corrected chi connectivity index (χ3v) is 7.13. The quantitative estimate of drug-likeness (QED) is 0.415. The number of aliphatic imine (C=N–C) groups is 1. The van der Waals surface area contributed by atoms with E-state index in [0.717, 1.165) is 12.1 Å². The Bertz CT molecular complexity index is 1560. The van der Waals surface area contributed by atoms with Crippen LogP contribution >= 0.6 is 0 Å². The van der Waals surface area contributed by atoms with Crippen LogP contribution in [-0.4, -0.2) is 47.7 Å². The molecule has 1 aliphatic heterocycles. The van der Waals surface area contributed by atoms with Gasteiger partial charge in [-0.1, -0.05) is 24.3 Å². The Hall–Kier alpha value is -3.32. The van der Waals surface area contributed by atoms with Crippen molar-refractivity contribution >= 4 is 31.9 Å². The van der Waals surface area contributed by atoms with Gasteiger partial charge >= 0.3 is 0 Å². The molecule has 0 radical (unpaired) electrons. The van der Waals surface area contributed by atoms with Crippen LogP contribution in [0.4, 0.5) is 0 Å². The second-order valence-corrected chi connectivity index (χ2v) is 10.1. The number of carbonyl (C=O) groups is 1. The first-order valence-electron chi connectivity index (χ1n) is 9.04. The van der Waals surface area contributed by atoms with Gasteiger partial charge in [0.05, 0.1) is 32.3 Å². The van der Waals surface area contributed by atoms with Gasteiger partial charge < -0.3 is 10.1 Å². The maximum Gasteiger partial charge on any atom is 0.294 e. The van der Waals surface area contributed by atoms with Crippen molar-refractivity contribution in [2.24, 2.45) is 4.99 Å². The number of nitrogens with zero attached hydrogens (tertiary/aromatic N) is 1. The lowest BCUT2D eigenvalue weighted by molar-refractivity contribution is 0.101. The van der Waals surface area contributed by atoms with Gasteiger partial charge in [0.2, 0.25) is 0 Å². The summed E-state index contributed by atoms with van der Waals surface area (Å²) in [6.07, 6.45) is 0. The van der Waals surface area contributed by atoms with Crippen LogP contribution in [0.15, 0.2) is 51.2 Å². The molecule has 0 bridgehead atoms. The van der Waals surface area contributed by atoms with Crippen LogP contribution < -0.4 is 0 Å². The Morgan fingerprint density at radius 1 is 0.812 bits per heavy atom. The Morgan fingerprint density at radius 2 is 1.31 bits per heavy atom. The number of hydrogen-bond donors (Lipinski definition) is 4. The van der Waals surface area contributed by atoms with Gasteiger partial charge in [-0.15, -0.1) is 0 Å². The highest BCUT2D eigenvalue weighted by atomic mass is 32.2. The second-order valence-electron chi connectivity index (χ2n) is 7.27. The van der Waals surface area contributed by atoms with Crippen LogP contribution in [0.25, 0.3) is 11.3 Å². The topological polar surface area (TPSA) is 174 Å². The number of aromatic nitrogens is 1. The standard InChI is InChI=1S/C20H16N2O8S2/c1-9-3-5-11(7-13(9)31(25,26)27)17-15-16(20(24)21-17)18(22-19(15)23)12-6-4-10(2)14(8-12)32(28,29)30/h3-8,21,24H,1-2H3,(H,25,26,27)(H,28,29,30). The lowest BCUT2D eigenvalue weighted by Crippen LogP contribution is -2.06. The van der Waals surface area contributed by atoms with Gasteiger partial charge in [-0.05, 0) is 37.1 Å². The van der Waals surface area contributed by atoms with Crippen molar-refractivity contribution in [3.05, 3.63) is 64.2 Å². The van der Waals surface area contributed by atoms with Crippen molar-refractivity contribution < 1.29 is 35.8 Å². The van der Waals surface area contributed by atoms with Gasteiger partial charge in [-0.25, -0.2) is 4.99 Å². The summed E-state index contributed by atoms with van der Waals surface area (Å²) in [5.41, 5.74) is 0.943. The van der Waals surface area contributed by atoms with E-state index < -0.39 is 32.0 Å². The third-order valence-electron chi connectivity index (χ3n) is 5.14. The lowest BCUT2D eigenvalue weighted by atomic mass is 9.99. The van der Waals surface area contributed by atoms with E-state index in [1.54, 1.807) is 0 Å².